The van der Waals surface area contributed by atoms with Crippen LogP contribution in [-0.4, -0.2) is 21.1 Å². The van der Waals surface area contributed by atoms with Gasteiger partial charge < -0.3 is 9.88 Å². The van der Waals surface area contributed by atoms with Crippen molar-refractivity contribution in [2.45, 2.75) is 46.1 Å². The molecule has 1 N–H and O–H groups in total. The molecule has 118 valence electrons. The van der Waals surface area contributed by atoms with Gasteiger partial charge in [0.2, 0.25) is 0 Å². The van der Waals surface area contributed by atoms with E-state index in [1.54, 1.807) is 29.1 Å². The van der Waals surface area contributed by atoms with Crippen molar-refractivity contribution in [1.82, 2.24) is 14.5 Å². The lowest BCUT2D eigenvalue weighted by Crippen LogP contribution is -2.20. The molecule has 0 bridgehead atoms. The predicted octanol–water partition coefficient (Wildman–Crippen LogP) is 2.99. The van der Waals surface area contributed by atoms with Crippen molar-refractivity contribution in [1.29, 1.82) is 0 Å². The molecule has 2 aromatic rings. The van der Waals surface area contributed by atoms with Gasteiger partial charge in [0, 0.05) is 30.6 Å². The third kappa shape index (κ3) is 4.69. The highest BCUT2D eigenvalue weighted by Crippen LogP contribution is 2.13. The van der Waals surface area contributed by atoms with Crippen LogP contribution in [-0.2, 0) is 6.54 Å². The van der Waals surface area contributed by atoms with Crippen molar-refractivity contribution in [3.05, 3.63) is 52.3 Å². The summed E-state index contributed by atoms with van der Waals surface area (Å²) in [5.41, 5.74) is 0.923. The van der Waals surface area contributed by atoms with E-state index in [2.05, 4.69) is 22.2 Å². The van der Waals surface area contributed by atoms with Crippen LogP contribution >= 0.6 is 0 Å². The molecule has 0 aliphatic rings. The Morgan fingerprint density at radius 1 is 1.23 bits per heavy atom. The summed E-state index contributed by atoms with van der Waals surface area (Å²) >= 11 is 0. The second-order valence-corrected chi connectivity index (χ2v) is 5.45. The van der Waals surface area contributed by atoms with Gasteiger partial charge in [0.1, 0.15) is 11.6 Å². The molecule has 2 rings (SSSR count). The zero-order valence-electron chi connectivity index (χ0n) is 13.4. The Balaban J connectivity index is 2.07. The van der Waals surface area contributed by atoms with E-state index in [1.807, 2.05) is 13.0 Å². The van der Waals surface area contributed by atoms with E-state index in [4.69, 9.17) is 0 Å². The summed E-state index contributed by atoms with van der Waals surface area (Å²) in [7, 11) is 0. The Bertz CT molecular complexity index is 651. The first kappa shape index (κ1) is 16.2. The zero-order valence-corrected chi connectivity index (χ0v) is 13.4. The predicted molar refractivity (Wildman–Crippen MR) is 89.2 cm³/mol. The highest BCUT2D eigenvalue weighted by Gasteiger charge is 2.07. The topological polar surface area (TPSA) is 59.8 Å². The van der Waals surface area contributed by atoms with E-state index < -0.39 is 0 Å². The van der Waals surface area contributed by atoms with Gasteiger partial charge in [-0.05, 0) is 19.4 Å². The van der Waals surface area contributed by atoms with Crippen LogP contribution in [0, 0.1) is 6.92 Å². The molecule has 2 heterocycles. The van der Waals surface area contributed by atoms with E-state index >= 15 is 0 Å². The van der Waals surface area contributed by atoms with Crippen molar-refractivity contribution in [2.75, 3.05) is 11.9 Å². The van der Waals surface area contributed by atoms with Gasteiger partial charge in [0.05, 0.1) is 6.54 Å². The third-order valence-corrected chi connectivity index (χ3v) is 3.55. The molecule has 0 saturated heterocycles. The minimum Gasteiger partial charge on any atom is -0.370 e. The SMILES string of the molecule is CCCCCCNc1nc(C)ncc1Cn1ccccc1=O. The second-order valence-electron chi connectivity index (χ2n) is 5.45. The van der Waals surface area contributed by atoms with Crippen molar-refractivity contribution < 1.29 is 0 Å². The summed E-state index contributed by atoms with van der Waals surface area (Å²) in [6.07, 6.45) is 8.43. The highest BCUT2D eigenvalue weighted by molar-refractivity contribution is 5.43. The van der Waals surface area contributed by atoms with Crippen LogP contribution in [0.4, 0.5) is 5.82 Å². The molecule has 0 saturated carbocycles. The molecule has 0 amide bonds. The van der Waals surface area contributed by atoms with Crippen LogP contribution in [0.5, 0.6) is 0 Å². The molecule has 22 heavy (non-hydrogen) atoms. The quantitative estimate of drug-likeness (QED) is 0.761. The van der Waals surface area contributed by atoms with Gasteiger partial charge in [-0.1, -0.05) is 32.3 Å². The molecule has 0 radical (unpaired) electrons. The number of anilines is 1. The van der Waals surface area contributed by atoms with Crippen LogP contribution in [0.25, 0.3) is 0 Å². The second kappa shape index (κ2) is 8.32. The first-order chi connectivity index (χ1) is 10.7. The average molecular weight is 300 g/mol. The maximum atomic E-state index is 11.8. The van der Waals surface area contributed by atoms with E-state index in [1.165, 1.54) is 19.3 Å². The number of pyridine rings is 1. The smallest absolute Gasteiger partial charge is 0.250 e. The standard InChI is InChI=1S/C17H24N4O/c1-3-4-5-7-10-18-17-15(12-19-14(2)20-17)13-21-11-8-6-9-16(21)22/h6,8-9,11-12H,3-5,7,10,13H2,1-2H3,(H,18,19,20). The van der Waals surface area contributed by atoms with E-state index in [0.29, 0.717) is 6.54 Å². The molecule has 0 aliphatic heterocycles. The van der Waals surface area contributed by atoms with Gasteiger partial charge in [-0.3, -0.25) is 4.79 Å². The van der Waals surface area contributed by atoms with Crippen molar-refractivity contribution in [3.63, 3.8) is 0 Å². The number of hydrogen-bond donors (Lipinski definition) is 1. The first-order valence-electron chi connectivity index (χ1n) is 7.92. The Hall–Kier alpha value is -2.17. The molecule has 5 nitrogen and oxygen atoms in total. The summed E-state index contributed by atoms with van der Waals surface area (Å²) in [6, 6.07) is 5.17. The van der Waals surface area contributed by atoms with Crippen molar-refractivity contribution in [2.24, 2.45) is 0 Å². The molecular weight excluding hydrogens is 276 g/mol. The maximum Gasteiger partial charge on any atom is 0.250 e. The van der Waals surface area contributed by atoms with Gasteiger partial charge >= 0.3 is 0 Å². The fourth-order valence-electron chi connectivity index (χ4n) is 2.30. The summed E-state index contributed by atoms with van der Waals surface area (Å²) in [6.45, 7) is 5.46. The number of nitrogens with zero attached hydrogens (tertiary/aromatic N) is 3. The fraction of sp³-hybridized carbons (Fsp3) is 0.471. The first-order valence-corrected chi connectivity index (χ1v) is 7.92. The Morgan fingerprint density at radius 3 is 2.86 bits per heavy atom. The lowest BCUT2D eigenvalue weighted by atomic mass is 10.2. The lowest BCUT2D eigenvalue weighted by Gasteiger charge is -2.12. The Morgan fingerprint density at radius 2 is 2.09 bits per heavy atom. The van der Waals surface area contributed by atoms with Gasteiger partial charge in [-0.25, -0.2) is 9.97 Å². The largest absolute Gasteiger partial charge is 0.370 e. The molecule has 5 heteroatoms. The monoisotopic (exact) mass is 300 g/mol. The molecule has 0 atom stereocenters. The third-order valence-electron chi connectivity index (χ3n) is 3.55. The van der Waals surface area contributed by atoms with E-state index in [-0.39, 0.29) is 5.56 Å². The maximum absolute atomic E-state index is 11.8. The molecule has 0 spiro atoms. The van der Waals surface area contributed by atoms with Crippen LogP contribution in [0.1, 0.15) is 44.0 Å². The summed E-state index contributed by atoms with van der Waals surface area (Å²) < 4.78 is 1.66. The average Bonchev–Trinajstić information content (AvgIpc) is 2.51. The molecule has 0 fully saturated rings. The number of rotatable bonds is 8. The summed E-state index contributed by atoms with van der Waals surface area (Å²) in [4.78, 5) is 20.6. The van der Waals surface area contributed by atoms with Gasteiger partial charge in [0.15, 0.2) is 0 Å². The van der Waals surface area contributed by atoms with Crippen molar-refractivity contribution in [3.8, 4) is 0 Å². The van der Waals surface area contributed by atoms with E-state index in [9.17, 15) is 4.79 Å². The van der Waals surface area contributed by atoms with Gasteiger partial charge in [-0.15, -0.1) is 0 Å². The molecule has 2 aromatic heterocycles. The number of unbranched alkanes of at least 4 members (excludes halogenated alkanes) is 3. The van der Waals surface area contributed by atoms with Crippen LogP contribution in [0.15, 0.2) is 35.4 Å². The minimum absolute atomic E-state index is 0.0167. The number of nitrogens with one attached hydrogen (secondary N) is 1. The molecular formula is C17H24N4O. The Labute approximate surface area is 131 Å². The molecule has 0 unspecified atom stereocenters. The van der Waals surface area contributed by atoms with Gasteiger partial charge in [0.25, 0.3) is 5.56 Å². The minimum atomic E-state index is -0.0167. The van der Waals surface area contributed by atoms with Crippen LogP contribution in [0.2, 0.25) is 0 Å². The van der Waals surface area contributed by atoms with Crippen LogP contribution < -0.4 is 10.9 Å². The van der Waals surface area contributed by atoms with E-state index in [0.717, 1.165) is 30.2 Å². The fourth-order valence-corrected chi connectivity index (χ4v) is 2.30. The molecule has 0 aliphatic carbocycles. The van der Waals surface area contributed by atoms with Crippen molar-refractivity contribution >= 4 is 5.82 Å². The normalized spacial score (nSPS) is 10.6. The van der Waals surface area contributed by atoms with Crippen LogP contribution in [0.3, 0.4) is 0 Å². The zero-order chi connectivity index (χ0) is 15.8. The summed E-state index contributed by atoms with van der Waals surface area (Å²) in [5, 5.41) is 3.39. The van der Waals surface area contributed by atoms with Gasteiger partial charge in [-0.2, -0.15) is 0 Å². The number of hydrogen-bond acceptors (Lipinski definition) is 4. The number of aryl methyl sites for hydroxylation is 1. The Kier molecular flexibility index (Phi) is 6.13. The molecule has 0 aromatic carbocycles. The summed E-state index contributed by atoms with van der Waals surface area (Å²) in [5.74, 6) is 1.57. The number of aromatic nitrogens is 3. The lowest BCUT2D eigenvalue weighted by molar-refractivity contribution is 0.682. The highest BCUT2D eigenvalue weighted by atomic mass is 16.1.